The normalized spacial score (nSPS) is 11.0. The first-order valence-corrected chi connectivity index (χ1v) is 10.2. The number of nitrogens with one attached hydrogen (secondary N) is 2. The van der Waals surface area contributed by atoms with Crippen LogP contribution in [0.3, 0.4) is 0 Å². The number of thioether (sulfide) groups is 1. The lowest BCUT2D eigenvalue weighted by molar-refractivity contribution is 0.409. The molecule has 0 atom stereocenters. The van der Waals surface area contributed by atoms with Gasteiger partial charge in [-0.25, -0.2) is 4.98 Å². The molecule has 0 aliphatic heterocycles. The fraction of sp³-hybridized carbons (Fsp3) is 0.444. The molecule has 0 aliphatic rings. The van der Waals surface area contributed by atoms with Gasteiger partial charge in [0.05, 0.1) is 7.11 Å². The average Bonchev–Trinajstić information content (AvgIpc) is 3.13. The summed E-state index contributed by atoms with van der Waals surface area (Å²) in [7, 11) is 3.51. The third-order valence-electron chi connectivity index (χ3n) is 3.60. The van der Waals surface area contributed by atoms with E-state index in [1.54, 1.807) is 37.3 Å². The Morgan fingerprint density at radius 3 is 2.81 bits per heavy atom. The summed E-state index contributed by atoms with van der Waals surface area (Å²) < 4.78 is 6.56. The van der Waals surface area contributed by atoms with Crippen molar-refractivity contribution in [2.24, 2.45) is 4.99 Å². The molecule has 1 heterocycles. The number of guanidine groups is 1. The minimum atomic E-state index is 0. The molecule has 0 bridgehead atoms. The number of aliphatic imine (C=N–C) groups is 1. The van der Waals surface area contributed by atoms with Crippen molar-refractivity contribution in [1.29, 1.82) is 0 Å². The van der Waals surface area contributed by atoms with Crippen molar-refractivity contribution in [1.82, 2.24) is 15.6 Å². The van der Waals surface area contributed by atoms with Crippen molar-refractivity contribution in [3.8, 4) is 5.75 Å². The van der Waals surface area contributed by atoms with Crippen LogP contribution in [0.4, 0.5) is 0 Å². The monoisotopic (exact) mass is 506 g/mol. The molecule has 2 N–H and O–H groups in total. The Hall–Kier alpha value is -1.000. The quantitative estimate of drug-likeness (QED) is 0.177. The molecule has 8 heteroatoms. The molecule has 0 spiro atoms. The minimum Gasteiger partial charge on any atom is -0.496 e. The lowest BCUT2D eigenvalue weighted by Gasteiger charge is -2.13. The molecule has 0 aliphatic carbocycles. The first-order chi connectivity index (χ1) is 12.2. The molecule has 1 aromatic heterocycles. The fourth-order valence-electron chi connectivity index (χ4n) is 2.36. The lowest BCUT2D eigenvalue weighted by Crippen LogP contribution is -2.38. The van der Waals surface area contributed by atoms with E-state index >= 15 is 0 Å². The molecule has 0 saturated carbocycles. The van der Waals surface area contributed by atoms with Crippen LogP contribution in [-0.4, -0.2) is 43.9 Å². The molecule has 0 saturated heterocycles. The number of methoxy groups -OCH3 is 1. The number of rotatable bonds is 9. The molecule has 2 rings (SSSR count). The van der Waals surface area contributed by atoms with Crippen molar-refractivity contribution in [2.45, 2.75) is 24.1 Å². The standard InChI is InChI=1S/C18H26N4OS2.HI/c1-14-5-6-16(23-3)15(13-14)7-9-21-17(19-2)20-8-4-11-24-18-22-10-12-25-18;/h5-6,10,12-13H,4,7-9,11H2,1-3H3,(H2,19,20,21);1H. The average molecular weight is 506 g/mol. The van der Waals surface area contributed by atoms with Crippen molar-refractivity contribution >= 4 is 53.0 Å². The van der Waals surface area contributed by atoms with E-state index in [2.05, 4.69) is 39.7 Å². The molecule has 2 aromatic rings. The summed E-state index contributed by atoms with van der Waals surface area (Å²) in [6, 6.07) is 6.27. The van der Waals surface area contributed by atoms with Gasteiger partial charge in [-0.05, 0) is 31.4 Å². The molecule has 1 aromatic carbocycles. The topological polar surface area (TPSA) is 58.5 Å². The van der Waals surface area contributed by atoms with E-state index in [-0.39, 0.29) is 24.0 Å². The highest BCUT2D eigenvalue weighted by molar-refractivity contribution is 14.0. The summed E-state index contributed by atoms with van der Waals surface area (Å²) in [4.78, 5) is 8.54. The van der Waals surface area contributed by atoms with Gasteiger partial charge in [0.25, 0.3) is 0 Å². The number of aromatic nitrogens is 1. The van der Waals surface area contributed by atoms with Gasteiger partial charge in [-0.3, -0.25) is 4.99 Å². The van der Waals surface area contributed by atoms with E-state index in [1.165, 1.54) is 11.1 Å². The Morgan fingerprint density at radius 1 is 1.31 bits per heavy atom. The largest absolute Gasteiger partial charge is 0.496 e. The molecular weight excluding hydrogens is 479 g/mol. The maximum absolute atomic E-state index is 5.43. The number of halogens is 1. The molecule has 0 fully saturated rings. The lowest BCUT2D eigenvalue weighted by atomic mass is 10.1. The van der Waals surface area contributed by atoms with E-state index in [1.807, 2.05) is 17.6 Å². The molecule has 5 nitrogen and oxygen atoms in total. The zero-order chi connectivity index (χ0) is 17.9. The SMILES string of the molecule is CN=C(NCCCSc1nccs1)NCCc1cc(C)ccc1OC.I. The van der Waals surface area contributed by atoms with Gasteiger partial charge in [-0.2, -0.15) is 0 Å². The smallest absolute Gasteiger partial charge is 0.190 e. The third kappa shape index (κ3) is 8.13. The summed E-state index contributed by atoms with van der Waals surface area (Å²) >= 11 is 3.49. The van der Waals surface area contributed by atoms with E-state index in [9.17, 15) is 0 Å². The Bertz CT molecular complexity index is 665. The van der Waals surface area contributed by atoms with Crippen molar-refractivity contribution in [3.63, 3.8) is 0 Å². The highest BCUT2D eigenvalue weighted by atomic mass is 127. The predicted octanol–water partition coefficient (Wildman–Crippen LogP) is 3.97. The van der Waals surface area contributed by atoms with Crippen molar-refractivity contribution in [3.05, 3.63) is 40.9 Å². The van der Waals surface area contributed by atoms with E-state index in [0.29, 0.717) is 0 Å². The third-order valence-corrected chi connectivity index (χ3v) is 5.65. The number of aryl methyl sites for hydroxylation is 1. The van der Waals surface area contributed by atoms with Crippen LogP contribution in [0.5, 0.6) is 5.75 Å². The van der Waals surface area contributed by atoms with Gasteiger partial charge < -0.3 is 15.4 Å². The Balaban J connectivity index is 0.00000338. The maximum Gasteiger partial charge on any atom is 0.190 e. The van der Waals surface area contributed by atoms with Crippen LogP contribution in [-0.2, 0) is 6.42 Å². The summed E-state index contributed by atoms with van der Waals surface area (Å²) in [6.45, 7) is 3.81. The molecule has 26 heavy (non-hydrogen) atoms. The van der Waals surface area contributed by atoms with Crippen LogP contribution < -0.4 is 15.4 Å². The molecule has 144 valence electrons. The zero-order valence-corrected chi connectivity index (χ0v) is 19.4. The van der Waals surface area contributed by atoms with Crippen LogP contribution in [0.1, 0.15) is 17.5 Å². The number of thiazole rings is 1. The van der Waals surface area contributed by atoms with Gasteiger partial charge in [-0.15, -0.1) is 35.3 Å². The Labute approximate surface area is 181 Å². The van der Waals surface area contributed by atoms with Crippen LogP contribution in [0.15, 0.2) is 39.1 Å². The Morgan fingerprint density at radius 2 is 2.12 bits per heavy atom. The summed E-state index contributed by atoms with van der Waals surface area (Å²) in [5, 5.41) is 8.72. The van der Waals surface area contributed by atoms with Gasteiger partial charge in [-0.1, -0.05) is 29.5 Å². The first kappa shape index (κ1) is 23.0. The fourth-order valence-corrected chi connectivity index (χ4v) is 4.01. The number of hydrogen-bond acceptors (Lipinski definition) is 5. The number of ether oxygens (including phenoxy) is 1. The predicted molar refractivity (Wildman–Crippen MR) is 124 cm³/mol. The number of benzene rings is 1. The van der Waals surface area contributed by atoms with E-state index in [4.69, 9.17) is 4.74 Å². The van der Waals surface area contributed by atoms with Crippen molar-refractivity contribution < 1.29 is 4.74 Å². The summed E-state index contributed by atoms with van der Waals surface area (Å²) in [6.07, 6.45) is 3.81. The van der Waals surface area contributed by atoms with Gasteiger partial charge >= 0.3 is 0 Å². The van der Waals surface area contributed by atoms with Crippen LogP contribution in [0.2, 0.25) is 0 Å². The van der Waals surface area contributed by atoms with Crippen LogP contribution >= 0.6 is 47.1 Å². The van der Waals surface area contributed by atoms with Gasteiger partial charge in [0.1, 0.15) is 10.1 Å². The molecular formula is C18H27IN4OS2. The number of hydrogen-bond donors (Lipinski definition) is 2. The van der Waals surface area contributed by atoms with Gasteiger partial charge in [0, 0.05) is 37.5 Å². The Kier molecular flexibility index (Phi) is 11.7. The minimum absolute atomic E-state index is 0. The number of nitrogens with zero attached hydrogens (tertiary/aromatic N) is 2. The zero-order valence-electron chi connectivity index (χ0n) is 15.4. The van der Waals surface area contributed by atoms with E-state index < -0.39 is 0 Å². The van der Waals surface area contributed by atoms with E-state index in [0.717, 1.165) is 47.7 Å². The molecule has 0 amide bonds. The second-order valence-corrected chi connectivity index (χ2v) is 7.73. The van der Waals surface area contributed by atoms with Crippen LogP contribution in [0.25, 0.3) is 0 Å². The van der Waals surface area contributed by atoms with Crippen molar-refractivity contribution in [2.75, 3.05) is 33.0 Å². The second kappa shape index (κ2) is 13.2. The second-order valence-electron chi connectivity index (χ2n) is 5.49. The summed E-state index contributed by atoms with van der Waals surface area (Å²) in [5.74, 6) is 2.83. The van der Waals surface area contributed by atoms with Crippen LogP contribution in [0, 0.1) is 6.92 Å². The summed E-state index contributed by atoms with van der Waals surface area (Å²) in [5.41, 5.74) is 2.46. The molecule has 0 unspecified atom stereocenters. The highest BCUT2D eigenvalue weighted by Crippen LogP contribution is 2.20. The molecule has 0 radical (unpaired) electrons. The van der Waals surface area contributed by atoms with Gasteiger partial charge in [0.2, 0.25) is 0 Å². The highest BCUT2D eigenvalue weighted by Gasteiger charge is 2.04. The first-order valence-electron chi connectivity index (χ1n) is 8.33. The van der Waals surface area contributed by atoms with Gasteiger partial charge in [0.15, 0.2) is 5.96 Å². The maximum atomic E-state index is 5.43.